The Hall–Kier alpha value is -1.48. The first-order chi connectivity index (χ1) is 11.0. The van der Waals surface area contributed by atoms with Gasteiger partial charge in [-0.3, -0.25) is 9.78 Å². The normalized spacial score (nSPS) is 11.7. The standard InChI is InChI=1S/C14H19ClN6OS.ClH/c1-8(2)3-4-19-12-10(15)23-14(21-12)11(16)20-13(22)9-7-17-5-6-18-9;/h5-8,11,19H,3-4,16H2,1-2H3,(H,20,22);1H. The predicted molar refractivity (Wildman–Crippen MR) is 98.7 cm³/mol. The number of hydrogen-bond donors (Lipinski definition) is 3. The smallest absolute Gasteiger partial charge is 0.273 e. The summed E-state index contributed by atoms with van der Waals surface area (Å²) in [5, 5.41) is 6.33. The van der Waals surface area contributed by atoms with E-state index in [1.165, 1.54) is 29.9 Å². The van der Waals surface area contributed by atoms with Crippen LogP contribution in [0.5, 0.6) is 0 Å². The minimum Gasteiger partial charge on any atom is -0.368 e. The average molecular weight is 391 g/mol. The molecule has 0 aliphatic carbocycles. The Balaban J connectivity index is 0.00000288. The molecule has 0 aromatic carbocycles. The van der Waals surface area contributed by atoms with E-state index in [-0.39, 0.29) is 18.1 Å². The summed E-state index contributed by atoms with van der Waals surface area (Å²) in [6.07, 6.45) is 4.56. The quantitative estimate of drug-likeness (QED) is 0.627. The van der Waals surface area contributed by atoms with Crippen LogP contribution in [-0.2, 0) is 0 Å². The molecule has 1 unspecified atom stereocenters. The lowest BCUT2D eigenvalue weighted by atomic mass is 10.1. The first-order valence-electron chi connectivity index (χ1n) is 7.20. The molecule has 0 fully saturated rings. The molecular formula is C14H20Cl2N6OS. The maximum Gasteiger partial charge on any atom is 0.273 e. The maximum absolute atomic E-state index is 12.0. The van der Waals surface area contributed by atoms with Crippen molar-refractivity contribution in [1.82, 2.24) is 20.3 Å². The van der Waals surface area contributed by atoms with Crippen molar-refractivity contribution in [2.24, 2.45) is 11.7 Å². The highest BCUT2D eigenvalue weighted by molar-refractivity contribution is 7.16. The fourth-order valence-corrected chi connectivity index (χ4v) is 2.80. The van der Waals surface area contributed by atoms with Gasteiger partial charge in [-0.1, -0.05) is 25.4 Å². The lowest BCUT2D eigenvalue weighted by molar-refractivity contribution is 0.0932. The number of carbonyl (C=O) groups is 1. The number of amides is 1. The second-order valence-corrected chi connectivity index (χ2v) is 6.96. The fourth-order valence-electron chi connectivity index (χ4n) is 1.73. The number of hydrogen-bond acceptors (Lipinski definition) is 7. The van der Waals surface area contributed by atoms with Crippen molar-refractivity contribution in [3.8, 4) is 0 Å². The van der Waals surface area contributed by atoms with Gasteiger partial charge in [-0.15, -0.1) is 23.7 Å². The summed E-state index contributed by atoms with van der Waals surface area (Å²) in [7, 11) is 0. The molecule has 0 bridgehead atoms. The van der Waals surface area contributed by atoms with Crippen LogP contribution in [0, 0.1) is 5.92 Å². The Morgan fingerprint density at radius 1 is 1.42 bits per heavy atom. The summed E-state index contributed by atoms with van der Waals surface area (Å²) >= 11 is 7.40. The molecule has 0 radical (unpaired) electrons. The van der Waals surface area contributed by atoms with E-state index in [0.29, 0.717) is 21.1 Å². The summed E-state index contributed by atoms with van der Waals surface area (Å²) in [6.45, 7) is 5.07. The largest absolute Gasteiger partial charge is 0.368 e. The number of halogens is 2. The third kappa shape index (κ3) is 5.86. The maximum atomic E-state index is 12.0. The molecule has 24 heavy (non-hydrogen) atoms. The van der Waals surface area contributed by atoms with E-state index >= 15 is 0 Å². The molecule has 132 valence electrons. The highest BCUT2D eigenvalue weighted by Crippen LogP contribution is 2.30. The summed E-state index contributed by atoms with van der Waals surface area (Å²) in [5.74, 6) is 0.774. The van der Waals surface area contributed by atoms with E-state index in [1.54, 1.807) is 0 Å². The number of carbonyl (C=O) groups excluding carboxylic acids is 1. The zero-order chi connectivity index (χ0) is 16.8. The summed E-state index contributed by atoms with van der Waals surface area (Å²) in [4.78, 5) is 24.1. The van der Waals surface area contributed by atoms with Gasteiger partial charge in [0.1, 0.15) is 21.2 Å². The van der Waals surface area contributed by atoms with Crippen LogP contribution >= 0.6 is 35.3 Å². The van der Waals surface area contributed by atoms with Gasteiger partial charge in [0.2, 0.25) is 0 Å². The minimum absolute atomic E-state index is 0. The van der Waals surface area contributed by atoms with Crippen LogP contribution in [-0.4, -0.2) is 27.4 Å². The van der Waals surface area contributed by atoms with Gasteiger partial charge in [-0.25, -0.2) is 9.97 Å². The summed E-state index contributed by atoms with van der Waals surface area (Å²) in [6, 6.07) is 0. The van der Waals surface area contributed by atoms with E-state index in [9.17, 15) is 4.79 Å². The monoisotopic (exact) mass is 390 g/mol. The highest BCUT2D eigenvalue weighted by Gasteiger charge is 2.18. The van der Waals surface area contributed by atoms with Crippen LogP contribution in [0.3, 0.4) is 0 Å². The van der Waals surface area contributed by atoms with Crippen LogP contribution < -0.4 is 16.4 Å². The molecule has 10 heteroatoms. The minimum atomic E-state index is -0.757. The molecule has 7 nitrogen and oxygen atoms in total. The van der Waals surface area contributed by atoms with Gasteiger partial charge in [-0.2, -0.15) is 0 Å². The molecule has 0 spiro atoms. The zero-order valence-corrected chi connectivity index (χ0v) is 15.7. The molecule has 2 aromatic heterocycles. The third-order valence-corrected chi connectivity index (χ3v) is 4.30. The first kappa shape index (κ1) is 20.6. The molecule has 2 aromatic rings. The van der Waals surface area contributed by atoms with Gasteiger partial charge in [0.15, 0.2) is 5.82 Å². The number of aromatic nitrogens is 3. The Kier molecular flexibility index (Phi) is 8.34. The van der Waals surface area contributed by atoms with Crippen molar-refractivity contribution in [3.05, 3.63) is 33.6 Å². The van der Waals surface area contributed by atoms with Crippen molar-refractivity contribution in [2.45, 2.75) is 26.4 Å². The van der Waals surface area contributed by atoms with Gasteiger partial charge in [0.05, 0.1) is 6.20 Å². The van der Waals surface area contributed by atoms with Crippen molar-refractivity contribution in [2.75, 3.05) is 11.9 Å². The number of nitrogens with two attached hydrogens (primary N) is 1. The number of rotatable bonds is 7. The second kappa shape index (κ2) is 9.73. The molecule has 0 saturated carbocycles. The molecule has 2 rings (SSSR count). The number of anilines is 1. The van der Waals surface area contributed by atoms with E-state index in [1.807, 2.05) is 0 Å². The highest BCUT2D eigenvalue weighted by atomic mass is 35.5. The Morgan fingerprint density at radius 2 is 2.17 bits per heavy atom. The molecule has 4 N–H and O–H groups in total. The molecule has 1 atom stereocenters. The molecule has 0 saturated heterocycles. The number of nitrogens with zero attached hydrogens (tertiary/aromatic N) is 3. The third-order valence-electron chi connectivity index (χ3n) is 2.96. The van der Waals surface area contributed by atoms with Crippen molar-refractivity contribution in [1.29, 1.82) is 0 Å². The molecule has 0 aliphatic rings. The Labute approximate surface area is 155 Å². The average Bonchev–Trinajstić information content (AvgIpc) is 2.89. The van der Waals surface area contributed by atoms with Crippen molar-refractivity contribution in [3.63, 3.8) is 0 Å². The SMILES string of the molecule is CC(C)CCNc1nc(C(N)NC(=O)c2cnccn2)sc1Cl.Cl. The molecule has 0 aliphatic heterocycles. The lowest BCUT2D eigenvalue weighted by Gasteiger charge is -2.10. The molecule has 2 heterocycles. The molecular weight excluding hydrogens is 371 g/mol. The van der Waals surface area contributed by atoms with Crippen LogP contribution in [0.15, 0.2) is 18.6 Å². The van der Waals surface area contributed by atoms with E-state index in [2.05, 4.69) is 39.4 Å². The van der Waals surface area contributed by atoms with E-state index in [0.717, 1.165) is 13.0 Å². The van der Waals surface area contributed by atoms with Crippen LogP contribution in [0.4, 0.5) is 5.82 Å². The zero-order valence-electron chi connectivity index (χ0n) is 13.3. The Morgan fingerprint density at radius 3 is 2.79 bits per heavy atom. The van der Waals surface area contributed by atoms with Gasteiger partial charge in [-0.05, 0) is 12.3 Å². The first-order valence-corrected chi connectivity index (χ1v) is 8.39. The van der Waals surface area contributed by atoms with Gasteiger partial charge in [0, 0.05) is 18.9 Å². The molecule has 1 amide bonds. The van der Waals surface area contributed by atoms with Crippen LogP contribution in [0.2, 0.25) is 4.34 Å². The van der Waals surface area contributed by atoms with Crippen LogP contribution in [0.25, 0.3) is 0 Å². The lowest BCUT2D eigenvalue weighted by Crippen LogP contribution is -2.34. The van der Waals surface area contributed by atoms with Gasteiger partial charge < -0.3 is 16.4 Å². The summed E-state index contributed by atoms with van der Waals surface area (Å²) < 4.78 is 0.521. The van der Waals surface area contributed by atoms with Gasteiger partial charge in [0.25, 0.3) is 5.91 Å². The fraction of sp³-hybridized carbons (Fsp3) is 0.429. The number of thiazole rings is 1. The summed E-state index contributed by atoms with van der Waals surface area (Å²) in [5.41, 5.74) is 6.17. The van der Waals surface area contributed by atoms with Crippen molar-refractivity contribution < 1.29 is 4.79 Å². The van der Waals surface area contributed by atoms with E-state index in [4.69, 9.17) is 17.3 Å². The number of nitrogens with one attached hydrogen (secondary N) is 2. The Bertz CT molecular complexity index is 652. The van der Waals surface area contributed by atoms with E-state index < -0.39 is 12.1 Å². The topological polar surface area (TPSA) is 106 Å². The predicted octanol–water partition coefficient (Wildman–Crippen LogP) is 2.85. The van der Waals surface area contributed by atoms with Crippen molar-refractivity contribution >= 4 is 47.1 Å². The van der Waals surface area contributed by atoms with Gasteiger partial charge >= 0.3 is 0 Å². The van der Waals surface area contributed by atoms with Crippen LogP contribution in [0.1, 0.15) is 41.9 Å². The second-order valence-electron chi connectivity index (χ2n) is 5.33.